The second kappa shape index (κ2) is 4.64. The van der Waals surface area contributed by atoms with Gasteiger partial charge in [0.15, 0.2) is 0 Å². The summed E-state index contributed by atoms with van der Waals surface area (Å²) in [7, 11) is 1.89. The van der Waals surface area contributed by atoms with Crippen LogP contribution in [0.15, 0.2) is 4.42 Å². The lowest BCUT2D eigenvalue weighted by molar-refractivity contribution is 0.334. The summed E-state index contributed by atoms with van der Waals surface area (Å²) >= 11 is 0. The normalized spacial score (nSPS) is 28.4. The Morgan fingerprint density at radius 1 is 1.29 bits per heavy atom. The number of hydrogen-bond acceptors (Lipinski definition) is 5. The van der Waals surface area contributed by atoms with Crippen LogP contribution in [0.3, 0.4) is 0 Å². The quantitative estimate of drug-likeness (QED) is 0.863. The molecule has 2 aliphatic rings. The molecule has 5 nitrogen and oxygen atoms in total. The van der Waals surface area contributed by atoms with Gasteiger partial charge in [0.1, 0.15) is 0 Å². The highest BCUT2D eigenvalue weighted by Gasteiger charge is 2.37. The minimum Gasteiger partial charge on any atom is -0.407 e. The van der Waals surface area contributed by atoms with Gasteiger partial charge in [0, 0.05) is 12.6 Å². The van der Waals surface area contributed by atoms with Crippen LogP contribution < -0.4 is 10.2 Å². The monoisotopic (exact) mass is 236 g/mol. The number of anilines is 1. The number of fused-ring (bicyclic) bond motifs is 1. The van der Waals surface area contributed by atoms with Crippen molar-refractivity contribution < 1.29 is 4.42 Å². The van der Waals surface area contributed by atoms with Gasteiger partial charge < -0.3 is 14.6 Å². The van der Waals surface area contributed by atoms with Crippen molar-refractivity contribution in [1.29, 1.82) is 0 Å². The van der Waals surface area contributed by atoms with Crippen LogP contribution in [0.4, 0.5) is 6.01 Å². The summed E-state index contributed by atoms with van der Waals surface area (Å²) in [6, 6.07) is 1.37. The molecule has 2 fully saturated rings. The van der Waals surface area contributed by atoms with Crippen molar-refractivity contribution in [2.75, 3.05) is 18.5 Å². The first-order chi connectivity index (χ1) is 8.38. The van der Waals surface area contributed by atoms with E-state index >= 15 is 0 Å². The molecule has 0 bridgehead atoms. The average molecular weight is 236 g/mol. The van der Waals surface area contributed by atoms with Gasteiger partial charge in [0.25, 0.3) is 0 Å². The van der Waals surface area contributed by atoms with Gasteiger partial charge in [-0.05, 0) is 32.2 Å². The Balaban J connectivity index is 1.74. The molecule has 2 atom stereocenters. The molecule has 1 N–H and O–H groups in total. The van der Waals surface area contributed by atoms with Crippen LogP contribution in [0.1, 0.15) is 38.0 Å². The number of hydrogen-bond donors (Lipinski definition) is 1. The van der Waals surface area contributed by atoms with Gasteiger partial charge in [-0.2, -0.15) is 0 Å². The van der Waals surface area contributed by atoms with Crippen molar-refractivity contribution in [2.45, 2.75) is 44.7 Å². The van der Waals surface area contributed by atoms with Gasteiger partial charge in [-0.25, -0.2) is 0 Å². The number of nitrogens with one attached hydrogen (secondary N) is 1. The highest BCUT2D eigenvalue weighted by molar-refractivity contribution is 5.30. The molecule has 1 saturated heterocycles. The highest BCUT2D eigenvalue weighted by atomic mass is 16.4. The Hall–Kier alpha value is -1.10. The van der Waals surface area contributed by atoms with Crippen LogP contribution in [0, 0.1) is 5.92 Å². The van der Waals surface area contributed by atoms with Crippen molar-refractivity contribution >= 4 is 6.01 Å². The maximum Gasteiger partial charge on any atom is 0.318 e. The van der Waals surface area contributed by atoms with E-state index < -0.39 is 0 Å². The van der Waals surface area contributed by atoms with Gasteiger partial charge >= 0.3 is 6.01 Å². The molecule has 2 heterocycles. The fourth-order valence-electron chi connectivity index (χ4n) is 3.23. The van der Waals surface area contributed by atoms with Gasteiger partial charge in [0.05, 0.1) is 6.54 Å². The Bertz CT molecular complexity index is 378. The predicted molar refractivity (Wildman–Crippen MR) is 64.8 cm³/mol. The minimum atomic E-state index is 0.645. The first-order valence-electron chi connectivity index (χ1n) is 6.62. The van der Waals surface area contributed by atoms with E-state index in [-0.39, 0.29) is 0 Å². The topological polar surface area (TPSA) is 54.2 Å². The zero-order valence-corrected chi connectivity index (χ0v) is 10.4. The standard InChI is InChI=1S/C12H20N4O/c1-13-8-11-14-15-12(17-11)16-7-6-9-4-2-3-5-10(9)16/h9-10,13H,2-8H2,1H3. The van der Waals surface area contributed by atoms with Crippen LogP contribution >= 0.6 is 0 Å². The molecule has 1 aromatic rings. The zero-order chi connectivity index (χ0) is 11.7. The zero-order valence-electron chi connectivity index (χ0n) is 10.4. The Morgan fingerprint density at radius 3 is 3.06 bits per heavy atom. The fraction of sp³-hybridized carbons (Fsp3) is 0.833. The summed E-state index contributed by atoms with van der Waals surface area (Å²) in [5.41, 5.74) is 0. The minimum absolute atomic E-state index is 0.645. The van der Waals surface area contributed by atoms with E-state index in [1.807, 2.05) is 7.05 Å². The van der Waals surface area contributed by atoms with E-state index in [1.54, 1.807) is 0 Å². The van der Waals surface area contributed by atoms with E-state index in [0.717, 1.165) is 18.5 Å². The molecule has 2 unspecified atom stereocenters. The molecule has 0 amide bonds. The molecular weight excluding hydrogens is 216 g/mol. The maximum absolute atomic E-state index is 5.70. The molecule has 0 spiro atoms. The second-order valence-electron chi connectivity index (χ2n) is 5.10. The van der Waals surface area contributed by atoms with E-state index in [2.05, 4.69) is 20.4 Å². The van der Waals surface area contributed by atoms with Crippen LogP contribution in [-0.2, 0) is 6.54 Å². The third kappa shape index (κ3) is 2.04. The van der Waals surface area contributed by atoms with Crippen molar-refractivity contribution in [3.63, 3.8) is 0 Å². The molecule has 1 saturated carbocycles. The van der Waals surface area contributed by atoms with Crippen molar-refractivity contribution in [3.05, 3.63) is 5.89 Å². The number of aromatic nitrogens is 2. The van der Waals surface area contributed by atoms with Gasteiger partial charge in [-0.15, -0.1) is 5.10 Å². The molecule has 1 aliphatic heterocycles. The van der Waals surface area contributed by atoms with Gasteiger partial charge in [-0.1, -0.05) is 17.9 Å². The molecule has 3 rings (SSSR count). The van der Waals surface area contributed by atoms with Crippen LogP contribution in [-0.4, -0.2) is 29.8 Å². The molecule has 94 valence electrons. The lowest BCUT2D eigenvalue weighted by Gasteiger charge is -2.30. The Morgan fingerprint density at radius 2 is 2.18 bits per heavy atom. The Kier molecular flexibility index (Phi) is 3.01. The molecule has 17 heavy (non-hydrogen) atoms. The largest absolute Gasteiger partial charge is 0.407 e. The van der Waals surface area contributed by atoms with E-state index in [9.17, 15) is 0 Å². The molecular formula is C12H20N4O. The predicted octanol–water partition coefficient (Wildman–Crippen LogP) is 1.56. The summed E-state index contributed by atoms with van der Waals surface area (Å²) < 4.78 is 5.70. The maximum atomic E-state index is 5.70. The van der Waals surface area contributed by atoms with Crippen LogP contribution in [0.5, 0.6) is 0 Å². The van der Waals surface area contributed by atoms with Crippen molar-refractivity contribution in [1.82, 2.24) is 15.5 Å². The molecule has 1 aromatic heterocycles. The number of rotatable bonds is 3. The summed E-state index contributed by atoms with van der Waals surface area (Å²) in [5, 5.41) is 11.3. The van der Waals surface area contributed by atoms with Crippen LogP contribution in [0.25, 0.3) is 0 Å². The average Bonchev–Trinajstić information content (AvgIpc) is 2.95. The van der Waals surface area contributed by atoms with E-state index in [4.69, 9.17) is 4.42 Å². The third-order valence-electron chi connectivity index (χ3n) is 4.04. The lowest BCUT2D eigenvalue weighted by Crippen LogP contribution is -2.34. The first-order valence-corrected chi connectivity index (χ1v) is 6.62. The summed E-state index contributed by atoms with van der Waals surface area (Å²) in [5.74, 6) is 1.53. The van der Waals surface area contributed by atoms with Crippen LogP contribution in [0.2, 0.25) is 0 Å². The first kappa shape index (κ1) is 11.0. The fourth-order valence-corrected chi connectivity index (χ4v) is 3.23. The third-order valence-corrected chi connectivity index (χ3v) is 4.04. The summed E-state index contributed by atoms with van der Waals surface area (Å²) in [4.78, 5) is 2.33. The van der Waals surface area contributed by atoms with Crippen molar-refractivity contribution in [3.8, 4) is 0 Å². The molecule has 0 radical (unpaired) electrons. The second-order valence-corrected chi connectivity index (χ2v) is 5.10. The van der Waals surface area contributed by atoms with Gasteiger partial charge in [-0.3, -0.25) is 0 Å². The molecule has 0 aromatic carbocycles. The van der Waals surface area contributed by atoms with Gasteiger partial charge in [0.2, 0.25) is 5.89 Å². The lowest BCUT2D eigenvalue weighted by atomic mass is 9.85. The summed E-state index contributed by atoms with van der Waals surface area (Å²) in [6.45, 7) is 1.73. The SMILES string of the molecule is CNCc1nnc(N2CCC3CCCCC32)o1. The smallest absolute Gasteiger partial charge is 0.318 e. The molecule has 5 heteroatoms. The molecule has 1 aliphatic carbocycles. The van der Waals surface area contributed by atoms with E-state index in [0.29, 0.717) is 18.5 Å². The van der Waals surface area contributed by atoms with Crippen molar-refractivity contribution in [2.24, 2.45) is 5.92 Å². The highest BCUT2D eigenvalue weighted by Crippen LogP contribution is 2.38. The van der Waals surface area contributed by atoms with E-state index in [1.165, 1.54) is 32.1 Å². The summed E-state index contributed by atoms with van der Waals surface area (Å²) in [6.07, 6.45) is 6.68. The Labute approximate surface area is 102 Å². The number of nitrogens with zero attached hydrogens (tertiary/aromatic N) is 3.